The zero-order chi connectivity index (χ0) is 13.2. The molecule has 0 amide bonds. The second-order valence-corrected chi connectivity index (χ2v) is 5.80. The van der Waals surface area contributed by atoms with E-state index in [1.807, 2.05) is 0 Å². The predicted octanol–water partition coefficient (Wildman–Crippen LogP) is 4.41. The van der Waals surface area contributed by atoms with E-state index in [1.54, 1.807) is 0 Å². The van der Waals surface area contributed by atoms with Gasteiger partial charge in [0.15, 0.2) is 0 Å². The van der Waals surface area contributed by atoms with E-state index in [0.717, 1.165) is 13.0 Å². The van der Waals surface area contributed by atoms with Crippen LogP contribution < -0.4 is 0 Å². The fourth-order valence-corrected chi connectivity index (χ4v) is 2.93. The lowest BCUT2D eigenvalue weighted by molar-refractivity contribution is 0.463. The van der Waals surface area contributed by atoms with Gasteiger partial charge in [-0.3, -0.25) is 4.99 Å². The number of hydrogen-bond acceptors (Lipinski definition) is 1. The van der Waals surface area contributed by atoms with E-state index in [2.05, 4.69) is 56.3 Å². The van der Waals surface area contributed by atoms with Crippen molar-refractivity contribution in [2.24, 2.45) is 16.8 Å². The highest BCUT2D eigenvalue weighted by Crippen LogP contribution is 2.33. The summed E-state index contributed by atoms with van der Waals surface area (Å²) in [6, 6.07) is 10.6. The van der Waals surface area contributed by atoms with Crippen molar-refractivity contribution >= 4 is 5.71 Å². The molecule has 0 saturated heterocycles. The van der Waals surface area contributed by atoms with Gasteiger partial charge in [-0.15, -0.1) is 0 Å². The molecular formula is C18H21N. The zero-order valence-electron chi connectivity index (χ0n) is 11.8. The van der Waals surface area contributed by atoms with Crippen LogP contribution in [0.3, 0.4) is 0 Å². The predicted molar refractivity (Wildman–Crippen MR) is 81.6 cm³/mol. The average molecular weight is 251 g/mol. The van der Waals surface area contributed by atoms with Gasteiger partial charge >= 0.3 is 0 Å². The van der Waals surface area contributed by atoms with Crippen LogP contribution in [0.15, 0.2) is 58.6 Å². The van der Waals surface area contributed by atoms with Gasteiger partial charge in [-0.2, -0.15) is 0 Å². The van der Waals surface area contributed by atoms with Crippen LogP contribution in [0.4, 0.5) is 0 Å². The van der Waals surface area contributed by atoms with Crippen LogP contribution in [0.2, 0.25) is 0 Å². The molecule has 0 spiro atoms. The molecule has 0 radical (unpaired) electrons. The van der Waals surface area contributed by atoms with Crippen molar-refractivity contribution in [2.45, 2.75) is 26.7 Å². The van der Waals surface area contributed by atoms with Gasteiger partial charge in [0.1, 0.15) is 0 Å². The molecule has 0 saturated carbocycles. The normalized spacial score (nSPS) is 22.5. The fraction of sp³-hybridized carbons (Fsp3) is 0.389. The van der Waals surface area contributed by atoms with Crippen LogP contribution in [0.1, 0.15) is 32.3 Å². The molecule has 1 aliphatic heterocycles. The van der Waals surface area contributed by atoms with E-state index < -0.39 is 0 Å². The van der Waals surface area contributed by atoms with Gasteiger partial charge in [0.25, 0.3) is 0 Å². The molecule has 1 aromatic rings. The van der Waals surface area contributed by atoms with E-state index in [-0.39, 0.29) is 0 Å². The molecule has 1 heterocycles. The molecule has 1 unspecified atom stereocenters. The van der Waals surface area contributed by atoms with E-state index in [4.69, 9.17) is 4.99 Å². The van der Waals surface area contributed by atoms with Crippen LogP contribution in [-0.2, 0) is 0 Å². The third-order valence-electron chi connectivity index (χ3n) is 4.17. The van der Waals surface area contributed by atoms with Crippen LogP contribution in [0.25, 0.3) is 0 Å². The highest BCUT2D eigenvalue weighted by Gasteiger charge is 2.24. The van der Waals surface area contributed by atoms with Crippen molar-refractivity contribution in [3.8, 4) is 0 Å². The van der Waals surface area contributed by atoms with Gasteiger partial charge < -0.3 is 0 Å². The molecule has 1 atom stereocenters. The Kier molecular flexibility index (Phi) is 3.37. The quantitative estimate of drug-likeness (QED) is 0.738. The number of rotatable bonds is 2. The first-order valence-electron chi connectivity index (χ1n) is 7.27. The number of hydrogen-bond donors (Lipinski definition) is 0. The van der Waals surface area contributed by atoms with Gasteiger partial charge in [-0.25, -0.2) is 0 Å². The minimum absolute atomic E-state index is 0.658. The van der Waals surface area contributed by atoms with E-state index in [1.165, 1.54) is 28.8 Å². The Labute approximate surface area is 115 Å². The van der Waals surface area contributed by atoms with Crippen LogP contribution in [0.5, 0.6) is 0 Å². The summed E-state index contributed by atoms with van der Waals surface area (Å²) >= 11 is 0. The molecule has 2 aliphatic rings. The number of aliphatic imine (C=N–C) groups is 1. The van der Waals surface area contributed by atoms with Gasteiger partial charge in [-0.05, 0) is 35.8 Å². The molecule has 0 N–H and O–H groups in total. The first-order chi connectivity index (χ1) is 9.25. The van der Waals surface area contributed by atoms with Crippen LogP contribution >= 0.6 is 0 Å². The van der Waals surface area contributed by atoms with Gasteiger partial charge in [0, 0.05) is 12.1 Å². The molecule has 0 fully saturated rings. The second kappa shape index (κ2) is 5.16. The van der Waals surface area contributed by atoms with E-state index in [9.17, 15) is 0 Å². The van der Waals surface area contributed by atoms with Crippen LogP contribution in [0, 0.1) is 11.8 Å². The topological polar surface area (TPSA) is 12.4 Å². The molecule has 98 valence electrons. The van der Waals surface area contributed by atoms with E-state index in [0.29, 0.717) is 11.8 Å². The third kappa shape index (κ3) is 2.42. The highest BCUT2D eigenvalue weighted by atomic mass is 14.8. The molecule has 0 bridgehead atoms. The lowest BCUT2D eigenvalue weighted by Crippen LogP contribution is -2.20. The van der Waals surface area contributed by atoms with Crippen molar-refractivity contribution < 1.29 is 0 Å². The molecule has 1 heteroatoms. The summed E-state index contributed by atoms with van der Waals surface area (Å²) in [6.07, 6.45) is 7.20. The van der Waals surface area contributed by atoms with E-state index >= 15 is 0 Å². The molecule has 1 nitrogen and oxygen atoms in total. The lowest BCUT2D eigenvalue weighted by Gasteiger charge is -2.28. The zero-order valence-corrected chi connectivity index (χ0v) is 11.8. The third-order valence-corrected chi connectivity index (χ3v) is 4.17. The number of fused-ring (bicyclic) bond motifs is 1. The first-order valence-corrected chi connectivity index (χ1v) is 7.27. The van der Waals surface area contributed by atoms with Gasteiger partial charge in [0.05, 0.1) is 5.71 Å². The van der Waals surface area contributed by atoms with Crippen molar-refractivity contribution in [3.63, 3.8) is 0 Å². The average Bonchev–Trinajstić information content (AvgIpc) is 2.47. The minimum Gasteiger partial charge on any atom is -0.284 e. The summed E-state index contributed by atoms with van der Waals surface area (Å²) in [5.74, 6) is 1.36. The minimum atomic E-state index is 0.658. The monoisotopic (exact) mass is 251 g/mol. The maximum absolute atomic E-state index is 4.79. The second-order valence-electron chi connectivity index (χ2n) is 5.80. The molecule has 0 aromatic heterocycles. The summed E-state index contributed by atoms with van der Waals surface area (Å²) < 4.78 is 0. The summed E-state index contributed by atoms with van der Waals surface area (Å²) in [7, 11) is 0. The summed E-state index contributed by atoms with van der Waals surface area (Å²) in [6.45, 7) is 5.55. The number of allylic oxidation sites excluding steroid dienone is 3. The van der Waals surface area contributed by atoms with Crippen molar-refractivity contribution in [2.75, 3.05) is 6.54 Å². The SMILES string of the molecule is CC(C)C1C=C2C(=CC1)CCN=C2c1ccccc1. The van der Waals surface area contributed by atoms with Crippen molar-refractivity contribution in [3.05, 3.63) is 59.2 Å². The molecule has 3 rings (SSSR count). The first kappa shape index (κ1) is 12.4. The Balaban J connectivity index is 2.01. The maximum atomic E-state index is 4.79. The molecule has 1 aromatic carbocycles. The van der Waals surface area contributed by atoms with Crippen molar-refractivity contribution in [1.29, 1.82) is 0 Å². The molecule has 19 heavy (non-hydrogen) atoms. The van der Waals surface area contributed by atoms with Gasteiger partial charge in [0.2, 0.25) is 0 Å². The summed E-state index contributed by atoms with van der Waals surface area (Å²) in [4.78, 5) is 4.79. The Morgan fingerprint density at radius 1 is 1.16 bits per heavy atom. The lowest BCUT2D eigenvalue weighted by atomic mass is 9.79. The Morgan fingerprint density at radius 2 is 1.95 bits per heavy atom. The standard InChI is InChI=1S/C18H21N/c1-13(2)16-9-8-14-10-11-19-18(17(14)12-16)15-6-4-3-5-7-15/h3-8,12-13,16H,9-11H2,1-2H3. The smallest absolute Gasteiger partial charge is 0.0718 e. The van der Waals surface area contributed by atoms with Crippen LogP contribution in [-0.4, -0.2) is 12.3 Å². The highest BCUT2D eigenvalue weighted by molar-refractivity contribution is 6.16. The molecule has 1 aliphatic carbocycles. The molecular weight excluding hydrogens is 230 g/mol. The maximum Gasteiger partial charge on any atom is 0.0718 e. The number of benzene rings is 1. The van der Waals surface area contributed by atoms with Gasteiger partial charge in [-0.1, -0.05) is 56.3 Å². The Bertz CT molecular complexity index is 546. The van der Waals surface area contributed by atoms with Crippen molar-refractivity contribution in [1.82, 2.24) is 0 Å². The Hall–Kier alpha value is -1.63. The Morgan fingerprint density at radius 3 is 2.68 bits per heavy atom. The summed E-state index contributed by atoms with van der Waals surface area (Å²) in [5.41, 5.74) is 5.35. The number of nitrogens with zero attached hydrogens (tertiary/aromatic N) is 1. The summed E-state index contributed by atoms with van der Waals surface area (Å²) in [5, 5.41) is 0. The largest absolute Gasteiger partial charge is 0.284 e. The fourth-order valence-electron chi connectivity index (χ4n) is 2.93.